The van der Waals surface area contributed by atoms with Crippen molar-refractivity contribution >= 4 is 21.9 Å². The second-order valence-corrected chi connectivity index (χ2v) is 7.28. The molecule has 0 aliphatic carbocycles. The Morgan fingerprint density at radius 3 is 2.30 bits per heavy atom. The van der Waals surface area contributed by atoms with Crippen LogP contribution >= 0.6 is 15.9 Å². The molecular formula is C19H21BrO3. The Balaban J connectivity index is 2.07. The lowest BCUT2D eigenvalue weighted by Crippen LogP contribution is -2.12. The van der Waals surface area contributed by atoms with Gasteiger partial charge in [0.15, 0.2) is 0 Å². The van der Waals surface area contributed by atoms with Gasteiger partial charge in [-0.25, -0.2) is 4.79 Å². The Bertz CT molecular complexity index is 685. The first-order chi connectivity index (χ1) is 10.8. The highest BCUT2D eigenvalue weighted by molar-refractivity contribution is 9.10. The fraction of sp³-hybridized carbons (Fsp3) is 0.316. The molecule has 0 saturated heterocycles. The van der Waals surface area contributed by atoms with Crippen LogP contribution in [0, 0.1) is 0 Å². The van der Waals surface area contributed by atoms with E-state index in [-0.39, 0.29) is 18.0 Å². The topological polar surface area (TPSA) is 35.5 Å². The van der Waals surface area contributed by atoms with Gasteiger partial charge in [0.25, 0.3) is 0 Å². The minimum Gasteiger partial charge on any atom is -0.496 e. The van der Waals surface area contributed by atoms with E-state index in [1.165, 1.54) is 5.56 Å². The normalized spacial score (nSPS) is 11.2. The molecule has 3 nitrogen and oxygen atoms in total. The summed E-state index contributed by atoms with van der Waals surface area (Å²) in [5.74, 6) is 0.358. The maximum Gasteiger partial charge on any atom is 0.338 e. The van der Waals surface area contributed by atoms with E-state index in [9.17, 15) is 4.79 Å². The zero-order valence-electron chi connectivity index (χ0n) is 13.9. The molecule has 0 unspecified atom stereocenters. The van der Waals surface area contributed by atoms with Crippen molar-refractivity contribution < 1.29 is 14.3 Å². The predicted octanol–water partition coefficient (Wildman–Crippen LogP) is 5.11. The number of hydrogen-bond acceptors (Lipinski definition) is 3. The predicted molar refractivity (Wildman–Crippen MR) is 95.0 cm³/mol. The lowest BCUT2D eigenvalue weighted by Gasteiger charge is -2.19. The number of hydrogen-bond donors (Lipinski definition) is 0. The van der Waals surface area contributed by atoms with Crippen LogP contribution in [0.15, 0.2) is 46.9 Å². The molecule has 0 aliphatic rings. The van der Waals surface area contributed by atoms with Crippen LogP contribution in [0.25, 0.3) is 0 Å². The lowest BCUT2D eigenvalue weighted by atomic mass is 9.87. The fourth-order valence-corrected chi connectivity index (χ4v) is 2.60. The molecule has 122 valence electrons. The van der Waals surface area contributed by atoms with Gasteiger partial charge in [-0.15, -0.1) is 0 Å². The molecule has 0 aromatic heterocycles. The van der Waals surface area contributed by atoms with Crippen molar-refractivity contribution in [3.05, 3.63) is 63.6 Å². The van der Waals surface area contributed by atoms with Crippen molar-refractivity contribution in [2.24, 2.45) is 0 Å². The van der Waals surface area contributed by atoms with Crippen molar-refractivity contribution in [3.63, 3.8) is 0 Å². The van der Waals surface area contributed by atoms with Gasteiger partial charge in [-0.1, -0.05) is 48.8 Å². The molecule has 23 heavy (non-hydrogen) atoms. The molecular weight excluding hydrogens is 356 g/mol. The van der Waals surface area contributed by atoms with E-state index >= 15 is 0 Å². The highest BCUT2D eigenvalue weighted by Gasteiger charge is 2.15. The first-order valence-corrected chi connectivity index (χ1v) is 8.20. The van der Waals surface area contributed by atoms with Crippen LogP contribution in [0.4, 0.5) is 0 Å². The summed E-state index contributed by atoms with van der Waals surface area (Å²) in [6.07, 6.45) is 0. The molecule has 2 aromatic rings. The Morgan fingerprint density at radius 2 is 1.74 bits per heavy atom. The van der Waals surface area contributed by atoms with Gasteiger partial charge >= 0.3 is 5.97 Å². The van der Waals surface area contributed by atoms with Gasteiger partial charge in [-0.05, 0) is 41.3 Å². The average Bonchev–Trinajstić information content (AvgIpc) is 2.52. The number of esters is 1. The Labute approximate surface area is 145 Å². The highest BCUT2D eigenvalue weighted by atomic mass is 79.9. The van der Waals surface area contributed by atoms with Crippen LogP contribution in [-0.2, 0) is 16.8 Å². The molecule has 2 rings (SSSR count). The monoisotopic (exact) mass is 376 g/mol. The fourth-order valence-electron chi connectivity index (χ4n) is 2.19. The second kappa shape index (κ2) is 7.18. The first kappa shape index (κ1) is 17.5. The van der Waals surface area contributed by atoms with Crippen molar-refractivity contribution in [1.29, 1.82) is 0 Å². The number of halogens is 1. The van der Waals surface area contributed by atoms with E-state index < -0.39 is 0 Å². The molecule has 0 aliphatic heterocycles. The standard InChI is InChI=1S/C19H21BrO3/c1-19(2,3)15-7-5-13(6-8-15)18(21)23-12-14-11-16(20)9-10-17(14)22-4/h5-11H,12H2,1-4H3. The smallest absolute Gasteiger partial charge is 0.338 e. The molecule has 0 N–H and O–H groups in total. The van der Waals surface area contributed by atoms with Gasteiger partial charge < -0.3 is 9.47 Å². The van der Waals surface area contributed by atoms with Crippen LogP contribution in [0.5, 0.6) is 5.75 Å². The minimum absolute atomic E-state index is 0.0616. The summed E-state index contributed by atoms with van der Waals surface area (Å²) in [6.45, 7) is 6.59. The van der Waals surface area contributed by atoms with E-state index in [1.54, 1.807) is 19.2 Å². The molecule has 2 aromatic carbocycles. The molecule has 0 atom stereocenters. The number of methoxy groups -OCH3 is 1. The molecule has 0 heterocycles. The van der Waals surface area contributed by atoms with Crippen LogP contribution in [-0.4, -0.2) is 13.1 Å². The van der Waals surface area contributed by atoms with Gasteiger partial charge in [0.1, 0.15) is 12.4 Å². The van der Waals surface area contributed by atoms with Gasteiger partial charge in [0, 0.05) is 10.0 Å². The number of carbonyl (C=O) groups is 1. The third-order valence-corrected chi connectivity index (χ3v) is 4.08. The van der Waals surface area contributed by atoms with Crippen LogP contribution < -0.4 is 4.74 Å². The second-order valence-electron chi connectivity index (χ2n) is 6.36. The van der Waals surface area contributed by atoms with E-state index in [1.807, 2.05) is 30.3 Å². The summed E-state index contributed by atoms with van der Waals surface area (Å²) >= 11 is 3.41. The van der Waals surface area contributed by atoms with Crippen LogP contribution in [0.3, 0.4) is 0 Å². The molecule has 0 saturated carbocycles. The average molecular weight is 377 g/mol. The van der Waals surface area contributed by atoms with Crippen LogP contribution in [0.2, 0.25) is 0 Å². The zero-order chi connectivity index (χ0) is 17.0. The van der Waals surface area contributed by atoms with Crippen molar-refractivity contribution in [2.45, 2.75) is 32.8 Å². The number of carbonyl (C=O) groups excluding carboxylic acids is 1. The molecule has 0 radical (unpaired) electrons. The number of benzene rings is 2. The lowest BCUT2D eigenvalue weighted by molar-refractivity contribution is 0.0470. The number of ether oxygens (including phenoxy) is 2. The summed E-state index contributed by atoms with van der Waals surface area (Å²) in [4.78, 5) is 12.2. The van der Waals surface area contributed by atoms with Gasteiger partial charge in [0.05, 0.1) is 12.7 Å². The van der Waals surface area contributed by atoms with Crippen molar-refractivity contribution in [2.75, 3.05) is 7.11 Å². The third-order valence-electron chi connectivity index (χ3n) is 3.59. The maximum atomic E-state index is 12.2. The Hall–Kier alpha value is -1.81. The van der Waals surface area contributed by atoms with Gasteiger partial charge in [0.2, 0.25) is 0 Å². The Kier molecular flexibility index (Phi) is 5.47. The Morgan fingerprint density at radius 1 is 1.09 bits per heavy atom. The summed E-state index contributed by atoms with van der Waals surface area (Å²) in [7, 11) is 1.60. The van der Waals surface area contributed by atoms with Crippen LogP contribution in [0.1, 0.15) is 42.3 Å². The van der Waals surface area contributed by atoms with Gasteiger partial charge in [-0.2, -0.15) is 0 Å². The summed E-state index contributed by atoms with van der Waals surface area (Å²) < 4.78 is 11.6. The van der Waals surface area contributed by atoms with E-state index in [2.05, 4.69) is 36.7 Å². The maximum absolute atomic E-state index is 12.2. The van der Waals surface area contributed by atoms with Crippen molar-refractivity contribution in [3.8, 4) is 5.75 Å². The molecule has 0 spiro atoms. The quantitative estimate of drug-likeness (QED) is 0.695. The first-order valence-electron chi connectivity index (χ1n) is 7.41. The van der Waals surface area contributed by atoms with E-state index in [0.29, 0.717) is 11.3 Å². The van der Waals surface area contributed by atoms with Gasteiger partial charge in [-0.3, -0.25) is 0 Å². The summed E-state index contributed by atoms with van der Waals surface area (Å²) in [5, 5.41) is 0. The molecule has 0 amide bonds. The van der Waals surface area contributed by atoms with Crippen molar-refractivity contribution in [1.82, 2.24) is 0 Å². The molecule has 4 heteroatoms. The zero-order valence-corrected chi connectivity index (χ0v) is 15.4. The third kappa shape index (κ3) is 4.58. The highest BCUT2D eigenvalue weighted by Crippen LogP contribution is 2.25. The SMILES string of the molecule is COc1ccc(Br)cc1COC(=O)c1ccc(C(C)(C)C)cc1. The molecule has 0 bridgehead atoms. The van der Waals surface area contributed by atoms with E-state index in [4.69, 9.17) is 9.47 Å². The molecule has 0 fully saturated rings. The minimum atomic E-state index is -0.340. The number of rotatable bonds is 4. The summed E-state index contributed by atoms with van der Waals surface area (Å²) in [5.41, 5.74) is 2.61. The van der Waals surface area contributed by atoms with E-state index in [0.717, 1.165) is 10.0 Å². The summed E-state index contributed by atoms with van der Waals surface area (Å²) in [6, 6.07) is 13.2. The largest absolute Gasteiger partial charge is 0.496 e.